The molecule has 2 amide bonds. The lowest BCUT2D eigenvalue weighted by Crippen LogP contribution is -2.38. The molecule has 1 rings (SSSR count). The Kier molecular flexibility index (Phi) is 5.34. The summed E-state index contributed by atoms with van der Waals surface area (Å²) < 4.78 is 11.6. The zero-order valence-corrected chi connectivity index (χ0v) is 10.9. The minimum Gasteiger partial charge on any atom is -0.352 e. The van der Waals surface area contributed by atoms with Crippen molar-refractivity contribution in [1.82, 2.24) is 10.6 Å². The van der Waals surface area contributed by atoms with E-state index in [0.29, 0.717) is 18.1 Å². The number of carbonyl (C=O) groups is 2. The second-order valence-corrected chi connectivity index (χ2v) is 5.78. The Morgan fingerprint density at radius 3 is 2.76 bits per heavy atom. The fourth-order valence-electron chi connectivity index (χ4n) is 1.43. The van der Waals surface area contributed by atoms with Crippen LogP contribution in [0.15, 0.2) is 12.2 Å². The predicted molar refractivity (Wildman–Crippen MR) is 66.8 cm³/mol. The lowest BCUT2D eigenvalue weighted by atomic mass is 10.2. The van der Waals surface area contributed by atoms with Crippen molar-refractivity contribution in [3.05, 3.63) is 12.2 Å². The summed E-state index contributed by atoms with van der Waals surface area (Å²) in [4.78, 5) is 23.0. The Balaban J connectivity index is 2.72. The minimum atomic E-state index is -1.08. The summed E-state index contributed by atoms with van der Waals surface area (Å²) in [6.45, 7) is 3.92. The Labute approximate surface area is 103 Å². The monoisotopic (exact) mass is 258 g/mol. The first-order valence-corrected chi connectivity index (χ1v) is 7.09. The van der Waals surface area contributed by atoms with Crippen LogP contribution in [0.4, 0.5) is 0 Å². The van der Waals surface area contributed by atoms with Crippen molar-refractivity contribution in [2.24, 2.45) is 5.92 Å². The second-order valence-electron chi connectivity index (χ2n) is 4.16. The molecule has 0 bridgehead atoms. The van der Waals surface area contributed by atoms with E-state index in [0.717, 1.165) is 0 Å². The standard InChI is InChI=1S/C11H18N2O3S/c1-8-7-17(16)6-5-12-10(14)4-3-9(2)13-11(8)15/h3-4,8-9H,5-7H2,1-2H3,(H,12,14)(H,13,15)/b4-3+/t8-,9-,17?/m0/s1. The van der Waals surface area contributed by atoms with E-state index in [2.05, 4.69) is 10.6 Å². The number of rotatable bonds is 0. The topological polar surface area (TPSA) is 75.3 Å². The van der Waals surface area contributed by atoms with Crippen LogP contribution in [0, 0.1) is 5.92 Å². The maximum absolute atomic E-state index is 11.7. The molecule has 0 aromatic rings. The van der Waals surface area contributed by atoms with Crippen LogP contribution in [-0.4, -0.2) is 40.1 Å². The lowest BCUT2D eigenvalue weighted by molar-refractivity contribution is -0.124. The van der Waals surface area contributed by atoms with Gasteiger partial charge < -0.3 is 10.6 Å². The smallest absolute Gasteiger partial charge is 0.243 e. The van der Waals surface area contributed by atoms with Crippen molar-refractivity contribution in [1.29, 1.82) is 0 Å². The SMILES string of the molecule is C[C@H]1/C=C/C(=O)NCCS(=O)C[C@H](C)C(=O)N1. The predicted octanol–water partition coefficient (Wildman–Crippen LogP) is -0.438. The summed E-state index contributed by atoms with van der Waals surface area (Å²) in [7, 11) is -1.08. The van der Waals surface area contributed by atoms with Crippen molar-refractivity contribution >= 4 is 22.6 Å². The summed E-state index contributed by atoms with van der Waals surface area (Å²) in [5.41, 5.74) is 0. The third kappa shape index (κ3) is 5.12. The summed E-state index contributed by atoms with van der Waals surface area (Å²) in [5.74, 6) is 0.0836. The normalized spacial score (nSPS) is 33.9. The van der Waals surface area contributed by atoms with Crippen LogP contribution in [0.3, 0.4) is 0 Å². The molecule has 96 valence electrons. The van der Waals surface area contributed by atoms with E-state index in [1.165, 1.54) is 6.08 Å². The summed E-state index contributed by atoms with van der Waals surface area (Å²) in [6, 6.07) is -0.205. The number of amides is 2. The van der Waals surface area contributed by atoms with E-state index < -0.39 is 10.8 Å². The highest BCUT2D eigenvalue weighted by Crippen LogP contribution is 2.01. The molecule has 17 heavy (non-hydrogen) atoms. The van der Waals surface area contributed by atoms with Gasteiger partial charge in [0.2, 0.25) is 11.8 Å². The van der Waals surface area contributed by atoms with E-state index in [9.17, 15) is 13.8 Å². The first-order valence-electron chi connectivity index (χ1n) is 5.60. The van der Waals surface area contributed by atoms with E-state index in [4.69, 9.17) is 0 Å². The molecule has 3 atom stereocenters. The van der Waals surface area contributed by atoms with Crippen LogP contribution in [0.1, 0.15) is 13.8 Å². The second kappa shape index (κ2) is 6.54. The van der Waals surface area contributed by atoms with Crippen molar-refractivity contribution in [3.8, 4) is 0 Å². The molecule has 0 saturated heterocycles. The Morgan fingerprint density at radius 2 is 2.06 bits per heavy atom. The molecule has 1 aliphatic rings. The third-order valence-corrected chi connectivity index (χ3v) is 3.95. The van der Waals surface area contributed by atoms with Crippen molar-refractivity contribution in [2.75, 3.05) is 18.1 Å². The molecule has 1 heterocycles. The Bertz CT molecular complexity index is 355. The van der Waals surface area contributed by atoms with Crippen LogP contribution in [-0.2, 0) is 20.4 Å². The third-order valence-electron chi connectivity index (χ3n) is 2.42. The van der Waals surface area contributed by atoms with E-state index in [1.807, 2.05) is 0 Å². The molecule has 1 unspecified atom stereocenters. The molecule has 2 N–H and O–H groups in total. The molecule has 0 aromatic heterocycles. The Hall–Kier alpha value is -1.17. The minimum absolute atomic E-state index is 0.128. The van der Waals surface area contributed by atoms with Crippen LogP contribution in [0.2, 0.25) is 0 Å². The number of nitrogens with one attached hydrogen (secondary N) is 2. The molecule has 0 spiro atoms. The fraction of sp³-hybridized carbons (Fsp3) is 0.636. The quantitative estimate of drug-likeness (QED) is 0.618. The number of hydrogen-bond donors (Lipinski definition) is 2. The van der Waals surface area contributed by atoms with Crippen molar-refractivity contribution < 1.29 is 13.8 Å². The van der Waals surface area contributed by atoms with Gasteiger partial charge in [0.1, 0.15) is 0 Å². The van der Waals surface area contributed by atoms with Crippen molar-refractivity contribution in [3.63, 3.8) is 0 Å². The molecule has 1 aliphatic heterocycles. The zero-order valence-electron chi connectivity index (χ0n) is 10.1. The van der Waals surface area contributed by atoms with Crippen LogP contribution in [0.25, 0.3) is 0 Å². The van der Waals surface area contributed by atoms with Crippen molar-refractivity contribution in [2.45, 2.75) is 19.9 Å². The maximum Gasteiger partial charge on any atom is 0.243 e. The van der Waals surface area contributed by atoms with Gasteiger partial charge in [0, 0.05) is 46.9 Å². The van der Waals surface area contributed by atoms with Gasteiger partial charge in [-0.05, 0) is 6.92 Å². The molecule has 6 heteroatoms. The van der Waals surface area contributed by atoms with Crippen LogP contribution < -0.4 is 10.6 Å². The highest BCUT2D eigenvalue weighted by molar-refractivity contribution is 7.85. The van der Waals surface area contributed by atoms with E-state index >= 15 is 0 Å². The average molecular weight is 258 g/mol. The van der Waals surface area contributed by atoms with Gasteiger partial charge in [-0.2, -0.15) is 0 Å². The largest absolute Gasteiger partial charge is 0.352 e. The highest BCUT2D eigenvalue weighted by atomic mass is 32.2. The van der Waals surface area contributed by atoms with Gasteiger partial charge in [-0.25, -0.2) is 0 Å². The summed E-state index contributed by atoms with van der Waals surface area (Å²) in [6.07, 6.45) is 3.03. The van der Waals surface area contributed by atoms with Gasteiger partial charge in [-0.1, -0.05) is 13.0 Å². The van der Waals surface area contributed by atoms with E-state index in [1.54, 1.807) is 19.9 Å². The fourth-order valence-corrected chi connectivity index (χ4v) is 2.64. The molecule has 0 fully saturated rings. The molecule has 0 aromatic carbocycles. The molecular weight excluding hydrogens is 240 g/mol. The van der Waals surface area contributed by atoms with Crippen LogP contribution in [0.5, 0.6) is 0 Å². The van der Waals surface area contributed by atoms with E-state index in [-0.39, 0.29) is 23.8 Å². The number of hydrogen-bond acceptors (Lipinski definition) is 3. The molecule has 0 radical (unpaired) electrons. The number of carbonyl (C=O) groups excluding carboxylic acids is 2. The van der Waals surface area contributed by atoms with Gasteiger partial charge in [0.25, 0.3) is 0 Å². The zero-order chi connectivity index (χ0) is 12.8. The summed E-state index contributed by atoms with van der Waals surface area (Å²) >= 11 is 0. The average Bonchev–Trinajstić information content (AvgIpc) is 2.25. The molecule has 5 nitrogen and oxygen atoms in total. The first kappa shape index (κ1) is 13.9. The van der Waals surface area contributed by atoms with Gasteiger partial charge in [-0.15, -0.1) is 0 Å². The van der Waals surface area contributed by atoms with Gasteiger partial charge in [0.05, 0.1) is 0 Å². The molecular formula is C11H18N2O3S. The molecule has 0 saturated carbocycles. The molecule has 0 aliphatic carbocycles. The maximum atomic E-state index is 11.7. The van der Waals surface area contributed by atoms with Gasteiger partial charge in [0.15, 0.2) is 0 Å². The first-order chi connectivity index (χ1) is 7.99. The lowest BCUT2D eigenvalue weighted by Gasteiger charge is -2.16. The van der Waals surface area contributed by atoms with Crippen LogP contribution >= 0.6 is 0 Å². The van der Waals surface area contributed by atoms with Gasteiger partial charge >= 0.3 is 0 Å². The summed E-state index contributed by atoms with van der Waals surface area (Å²) in [5, 5.41) is 5.39. The highest BCUT2D eigenvalue weighted by Gasteiger charge is 2.17. The van der Waals surface area contributed by atoms with Gasteiger partial charge in [-0.3, -0.25) is 13.8 Å². The Morgan fingerprint density at radius 1 is 1.35 bits per heavy atom.